The number of hydrogen-bond acceptors (Lipinski definition) is 3. The molecule has 17 heavy (non-hydrogen) atoms. The van der Waals surface area contributed by atoms with E-state index in [4.69, 9.17) is 15.8 Å². The van der Waals surface area contributed by atoms with Crippen LogP contribution in [0.25, 0.3) is 0 Å². The summed E-state index contributed by atoms with van der Waals surface area (Å²) in [6.07, 6.45) is 0.610. The molecule has 1 rings (SSSR count). The zero-order valence-corrected chi connectivity index (χ0v) is 10.8. The van der Waals surface area contributed by atoms with Crippen molar-refractivity contribution >= 4 is 25.7 Å². The van der Waals surface area contributed by atoms with Crippen LogP contribution in [0.3, 0.4) is 0 Å². The van der Waals surface area contributed by atoms with E-state index in [9.17, 15) is 13.2 Å². The van der Waals surface area contributed by atoms with E-state index in [0.717, 1.165) is 5.56 Å². The number of benzene rings is 1. The lowest BCUT2D eigenvalue weighted by Crippen LogP contribution is -2.00. The van der Waals surface area contributed by atoms with E-state index in [0.29, 0.717) is 6.42 Å². The molecule has 0 amide bonds. The van der Waals surface area contributed by atoms with Crippen molar-refractivity contribution in [2.45, 2.75) is 30.6 Å². The first-order valence-corrected chi connectivity index (χ1v) is 7.38. The molecule has 4 nitrogen and oxygen atoms in total. The Morgan fingerprint density at radius 3 is 2.29 bits per heavy atom. The highest BCUT2D eigenvalue weighted by atomic mass is 35.7. The van der Waals surface area contributed by atoms with E-state index in [1.807, 2.05) is 6.92 Å². The summed E-state index contributed by atoms with van der Waals surface area (Å²) in [4.78, 5) is 10.5. The Kier molecular flexibility index (Phi) is 4.54. The van der Waals surface area contributed by atoms with Gasteiger partial charge < -0.3 is 5.11 Å². The first kappa shape index (κ1) is 14.0. The largest absolute Gasteiger partial charge is 0.481 e. The number of carboxylic acid groups (broad SMARTS) is 1. The SMILES string of the molecule is CC(CCC(=O)O)c1ccc(S(=O)(=O)Cl)cc1. The molecule has 0 aromatic heterocycles. The van der Waals surface area contributed by atoms with Crippen molar-refractivity contribution in [3.05, 3.63) is 29.8 Å². The predicted octanol–water partition coefficient (Wildman–Crippen LogP) is 2.58. The Balaban J connectivity index is 2.77. The summed E-state index contributed by atoms with van der Waals surface area (Å²) in [6, 6.07) is 6.16. The molecular weight excluding hydrogens is 264 g/mol. The van der Waals surface area contributed by atoms with E-state index >= 15 is 0 Å². The first-order chi connectivity index (χ1) is 7.80. The van der Waals surface area contributed by atoms with E-state index in [2.05, 4.69) is 0 Å². The van der Waals surface area contributed by atoms with Crippen molar-refractivity contribution in [1.29, 1.82) is 0 Å². The van der Waals surface area contributed by atoms with Crippen LogP contribution in [0.1, 0.15) is 31.2 Å². The average molecular weight is 277 g/mol. The van der Waals surface area contributed by atoms with E-state index < -0.39 is 15.0 Å². The molecule has 1 unspecified atom stereocenters. The molecule has 0 heterocycles. The van der Waals surface area contributed by atoms with Gasteiger partial charge in [-0.05, 0) is 30.0 Å². The molecule has 1 aromatic carbocycles. The zero-order valence-electron chi connectivity index (χ0n) is 9.26. The minimum Gasteiger partial charge on any atom is -0.481 e. The topological polar surface area (TPSA) is 71.4 Å². The summed E-state index contributed by atoms with van der Waals surface area (Å²) in [5, 5.41) is 8.56. The predicted molar refractivity (Wildman–Crippen MR) is 64.8 cm³/mol. The minimum absolute atomic E-state index is 0.0494. The standard InChI is InChI=1S/C11H13ClO4S/c1-8(2-7-11(13)14)9-3-5-10(6-4-9)17(12,15)16/h3-6,8H,2,7H2,1H3,(H,13,14). The Morgan fingerprint density at radius 2 is 1.88 bits per heavy atom. The third-order valence-electron chi connectivity index (χ3n) is 2.52. The van der Waals surface area contributed by atoms with Gasteiger partial charge in [-0.3, -0.25) is 4.79 Å². The number of carbonyl (C=O) groups is 1. The van der Waals surface area contributed by atoms with Crippen LogP contribution < -0.4 is 0 Å². The van der Waals surface area contributed by atoms with Gasteiger partial charge >= 0.3 is 5.97 Å². The molecular formula is C11H13ClO4S. The molecule has 94 valence electrons. The minimum atomic E-state index is -3.69. The van der Waals surface area contributed by atoms with Gasteiger partial charge in [0.1, 0.15) is 0 Å². The van der Waals surface area contributed by atoms with Gasteiger partial charge in [0.2, 0.25) is 0 Å². The van der Waals surface area contributed by atoms with E-state index in [1.165, 1.54) is 12.1 Å². The smallest absolute Gasteiger partial charge is 0.303 e. The Bertz CT molecular complexity index is 493. The molecule has 0 aliphatic rings. The van der Waals surface area contributed by atoms with Crippen LogP contribution in [0.15, 0.2) is 29.2 Å². The summed E-state index contributed by atoms with van der Waals surface area (Å²) in [7, 11) is 1.49. The van der Waals surface area contributed by atoms with Gasteiger partial charge in [0.25, 0.3) is 9.05 Å². The number of halogens is 1. The first-order valence-electron chi connectivity index (χ1n) is 5.07. The highest BCUT2D eigenvalue weighted by molar-refractivity contribution is 8.13. The van der Waals surface area contributed by atoms with Crippen molar-refractivity contribution in [3.63, 3.8) is 0 Å². The summed E-state index contributed by atoms with van der Waals surface area (Å²) in [5.41, 5.74) is 0.898. The average Bonchev–Trinajstić information content (AvgIpc) is 2.25. The van der Waals surface area contributed by atoms with Gasteiger partial charge in [-0.2, -0.15) is 0 Å². The summed E-state index contributed by atoms with van der Waals surface area (Å²) >= 11 is 0. The molecule has 0 bridgehead atoms. The maximum Gasteiger partial charge on any atom is 0.303 e. The fourth-order valence-corrected chi connectivity index (χ4v) is 2.24. The van der Waals surface area contributed by atoms with Crippen LogP contribution >= 0.6 is 10.7 Å². The van der Waals surface area contributed by atoms with Crippen molar-refractivity contribution in [1.82, 2.24) is 0 Å². The highest BCUT2D eigenvalue weighted by Gasteiger charge is 2.12. The number of aliphatic carboxylic acids is 1. The molecule has 6 heteroatoms. The number of rotatable bonds is 5. The van der Waals surface area contributed by atoms with Gasteiger partial charge in [-0.25, -0.2) is 8.42 Å². The summed E-state index contributed by atoms with van der Waals surface area (Å²) < 4.78 is 22.0. The van der Waals surface area contributed by atoms with Crippen LogP contribution in [0.5, 0.6) is 0 Å². The van der Waals surface area contributed by atoms with Crippen molar-refractivity contribution < 1.29 is 18.3 Å². The van der Waals surface area contributed by atoms with Crippen LogP contribution in [0.2, 0.25) is 0 Å². The van der Waals surface area contributed by atoms with Crippen LogP contribution in [0.4, 0.5) is 0 Å². The Hall–Kier alpha value is -1.07. The monoisotopic (exact) mass is 276 g/mol. The second-order valence-corrected chi connectivity index (χ2v) is 6.41. The Morgan fingerprint density at radius 1 is 1.35 bits per heavy atom. The second-order valence-electron chi connectivity index (χ2n) is 3.84. The molecule has 0 aliphatic heterocycles. The zero-order chi connectivity index (χ0) is 13.1. The molecule has 1 atom stereocenters. The molecule has 0 radical (unpaired) electrons. The maximum atomic E-state index is 11.0. The second kappa shape index (κ2) is 5.51. The summed E-state index contributed by atoms with van der Waals surface area (Å²) in [6.45, 7) is 1.90. The van der Waals surface area contributed by atoms with Crippen LogP contribution in [0, 0.1) is 0 Å². The maximum absolute atomic E-state index is 11.0. The quantitative estimate of drug-likeness (QED) is 0.839. The van der Waals surface area contributed by atoms with Gasteiger partial charge in [0.05, 0.1) is 4.90 Å². The normalized spacial score (nSPS) is 13.3. The number of carboxylic acids is 1. The third-order valence-corrected chi connectivity index (χ3v) is 3.89. The van der Waals surface area contributed by atoms with Crippen molar-refractivity contribution in [2.24, 2.45) is 0 Å². The van der Waals surface area contributed by atoms with Gasteiger partial charge in [0, 0.05) is 17.1 Å². The molecule has 1 N–H and O–H groups in total. The summed E-state index contributed by atoms with van der Waals surface area (Å²) in [5.74, 6) is -0.769. The van der Waals surface area contributed by atoms with Crippen LogP contribution in [-0.2, 0) is 13.8 Å². The fraction of sp³-hybridized carbons (Fsp3) is 0.364. The lowest BCUT2D eigenvalue weighted by atomic mass is 9.96. The van der Waals surface area contributed by atoms with Crippen LogP contribution in [-0.4, -0.2) is 19.5 Å². The third kappa shape index (κ3) is 4.36. The fourth-order valence-electron chi connectivity index (χ4n) is 1.47. The lowest BCUT2D eigenvalue weighted by Gasteiger charge is -2.10. The van der Waals surface area contributed by atoms with E-state index in [1.54, 1.807) is 12.1 Å². The van der Waals surface area contributed by atoms with Gasteiger partial charge in [-0.15, -0.1) is 0 Å². The molecule has 0 fully saturated rings. The van der Waals surface area contributed by atoms with Crippen molar-refractivity contribution in [3.8, 4) is 0 Å². The molecule has 0 saturated heterocycles. The van der Waals surface area contributed by atoms with Gasteiger partial charge in [0.15, 0.2) is 0 Å². The highest BCUT2D eigenvalue weighted by Crippen LogP contribution is 2.23. The molecule has 1 aromatic rings. The molecule has 0 saturated carbocycles. The van der Waals surface area contributed by atoms with Crippen molar-refractivity contribution in [2.75, 3.05) is 0 Å². The van der Waals surface area contributed by atoms with E-state index in [-0.39, 0.29) is 17.2 Å². The molecule has 0 aliphatic carbocycles. The Labute approximate surface area is 105 Å². The van der Waals surface area contributed by atoms with Gasteiger partial charge in [-0.1, -0.05) is 19.1 Å². The lowest BCUT2D eigenvalue weighted by molar-refractivity contribution is -0.137. The molecule has 0 spiro atoms. The number of hydrogen-bond donors (Lipinski definition) is 1.